The Hall–Kier alpha value is -0.105. The van der Waals surface area contributed by atoms with Crippen molar-refractivity contribution >= 4 is 17.1 Å². The highest BCUT2D eigenvalue weighted by Gasteiger charge is 2.29. The Kier molecular flexibility index (Phi) is 5.07. The summed E-state index contributed by atoms with van der Waals surface area (Å²) in [5.74, 6) is 0. The Bertz CT molecular complexity index is 259. The molecule has 0 amide bonds. The first kappa shape index (κ1) is 13.9. The van der Waals surface area contributed by atoms with Gasteiger partial charge < -0.3 is 9.68 Å². The van der Waals surface area contributed by atoms with Gasteiger partial charge in [0, 0.05) is 13.1 Å². The Labute approximate surface area is 86.0 Å². The van der Waals surface area contributed by atoms with Crippen LogP contribution in [0.3, 0.4) is 0 Å². The Morgan fingerprint density at radius 1 is 1.43 bits per heavy atom. The smallest absolute Gasteiger partial charge is 0.426 e. The first-order valence-electron chi connectivity index (χ1n) is 4.49. The zero-order chi connectivity index (χ0) is 11.4. The summed E-state index contributed by atoms with van der Waals surface area (Å²) in [7, 11) is -4.49. The van der Waals surface area contributed by atoms with Crippen LogP contribution in [-0.4, -0.2) is 38.4 Å². The number of rotatable bonds is 5. The molecule has 0 unspecified atom stereocenters. The van der Waals surface area contributed by atoms with Crippen molar-refractivity contribution in [2.24, 2.45) is 0 Å². The Balaban J connectivity index is 4.14. The summed E-state index contributed by atoms with van der Waals surface area (Å²) in [6, 6.07) is 0. The lowest BCUT2D eigenvalue weighted by molar-refractivity contribution is 0.274. The molecule has 2 N–H and O–H groups in total. The molecule has 84 valence electrons. The van der Waals surface area contributed by atoms with E-state index >= 15 is 0 Å². The van der Waals surface area contributed by atoms with Gasteiger partial charge in [-0.15, -0.1) is 0 Å². The van der Waals surface area contributed by atoms with Gasteiger partial charge in [-0.1, -0.05) is 0 Å². The third kappa shape index (κ3) is 4.41. The van der Waals surface area contributed by atoms with E-state index in [1.54, 1.807) is 27.7 Å². The van der Waals surface area contributed by atoms with E-state index in [9.17, 15) is 8.42 Å². The molecule has 14 heavy (non-hydrogen) atoms. The topological polar surface area (TPSA) is 75.6 Å². The van der Waals surface area contributed by atoms with Crippen molar-refractivity contribution in [3.63, 3.8) is 0 Å². The maximum atomic E-state index is 11.5. The minimum Gasteiger partial charge on any atom is -0.426 e. The van der Waals surface area contributed by atoms with Gasteiger partial charge in [-0.25, -0.2) is 13.1 Å². The van der Waals surface area contributed by atoms with Crippen molar-refractivity contribution in [2.75, 3.05) is 13.1 Å². The summed E-state index contributed by atoms with van der Waals surface area (Å²) in [5, 5.41) is 9.13. The Morgan fingerprint density at radius 2 is 1.93 bits per heavy atom. The molecule has 0 aliphatic rings. The molecule has 0 saturated carbocycles. The average Bonchev–Trinajstić information content (AvgIpc) is 1.99. The van der Waals surface area contributed by atoms with E-state index < -0.39 is 21.9 Å². The van der Waals surface area contributed by atoms with E-state index in [0.717, 1.165) is 0 Å². The summed E-state index contributed by atoms with van der Waals surface area (Å²) >= 11 is 0. The van der Waals surface area contributed by atoms with Gasteiger partial charge >= 0.3 is 7.12 Å². The summed E-state index contributed by atoms with van der Waals surface area (Å²) in [5.41, 5.74) is 0. The Morgan fingerprint density at radius 3 is 2.29 bits per heavy atom. The number of sulfonamides is 1. The lowest BCUT2D eigenvalue weighted by Gasteiger charge is -2.20. The monoisotopic (exact) mass is 223 g/mol. The van der Waals surface area contributed by atoms with Crippen LogP contribution in [0.1, 0.15) is 27.7 Å². The van der Waals surface area contributed by atoms with E-state index in [-0.39, 0.29) is 6.44 Å². The molecule has 0 bridgehead atoms. The molecule has 0 saturated heterocycles. The zero-order valence-corrected chi connectivity index (χ0v) is 9.89. The molecule has 0 aliphatic carbocycles. The van der Waals surface area contributed by atoms with Crippen LogP contribution in [0.5, 0.6) is 0 Å². The van der Waals surface area contributed by atoms with Gasteiger partial charge in [0.1, 0.15) is 0 Å². The molecule has 0 heterocycles. The molecule has 0 rings (SSSR count). The molecule has 0 fully saturated rings. The van der Waals surface area contributed by atoms with Gasteiger partial charge in [-0.05, 0) is 27.7 Å². The minimum absolute atomic E-state index is 0.118. The summed E-state index contributed by atoms with van der Waals surface area (Å²) in [6.07, 6.45) is -0.118. The van der Waals surface area contributed by atoms with Gasteiger partial charge in [0.15, 0.2) is 0 Å². The predicted molar refractivity (Wildman–Crippen MR) is 56.3 cm³/mol. The highest BCUT2D eigenvalue weighted by molar-refractivity contribution is 7.90. The molecule has 7 heteroatoms. The van der Waals surface area contributed by atoms with Crippen molar-refractivity contribution in [3.05, 3.63) is 0 Å². The van der Waals surface area contributed by atoms with Crippen LogP contribution < -0.4 is 4.72 Å². The fourth-order valence-corrected chi connectivity index (χ4v) is 1.44. The van der Waals surface area contributed by atoms with E-state index in [1.165, 1.54) is 0 Å². The predicted octanol–water partition coefficient (Wildman–Crippen LogP) is -0.239. The van der Waals surface area contributed by atoms with Gasteiger partial charge in [0.05, 0.1) is 4.75 Å². The fourth-order valence-electron chi connectivity index (χ4n) is 0.649. The van der Waals surface area contributed by atoms with E-state index in [0.29, 0.717) is 6.61 Å². The number of nitrogens with one attached hydrogen (secondary N) is 1. The standard InChI is InChI=1S/C7H18BNO4S/c1-5-13-8(10)6-9-14(11,12)7(2,3)4/h9-10H,5-6H2,1-4H3. The normalized spacial score (nSPS) is 12.9. The van der Waals surface area contributed by atoms with Crippen molar-refractivity contribution in [1.29, 1.82) is 0 Å². The molecule has 0 spiro atoms. The number of hydrogen-bond donors (Lipinski definition) is 2. The molecular formula is C7H18BNO4S. The molecule has 5 nitrogen and oxygen atoms in total. The largest absolute Gasteiger partial charge is 0.470 e. The van der Waals surface area contributed by atoms with Gasteiger partial charge in [0.2, 0.25) is 10.0 Å². The summed E-state index contributed by atoms with van der Waals surface area (Å²) in [6.45, 7) is 6.83. The number of hydrogen-bond acceptors (Lipinski definition) is 4. The molecule has 0 aromatic heterocycles. The quantitative estimate of drug-likeness (QED) is 0.631. The molecule has 0 atom stereocenters. The van der Waals surface area contributed by atoms with Crippen molar-refractivity contribution in [1.82, 2.24) is 4.72 Å². The molecular weight excluding hydrogens is 205 g/mol. The van der Waals surface area contributed by atoms with Crippen LogP contribution in [0.4, 0.5) is 0 Å². The molecule has 0 aromatic carbocycles. The van der Waals surface area contributed by atoms with Crippen LogP contribution in [0.15, 0.2) is 0 Å². The third-order valence-corrected chi connectivity index (χ3v) is 3.77. The highest BCUT2D eigenvalue weighted by atomic mass is 32.2. The van der Waals surface area contributed by atoms with E-state index in [4.69, 9.17) is 9.68 Å². The second-order valence-electron chi connectivity index (χ2n) is 3.87. The van der Waals surface area contributed by atoms with Gasteiger partial charge in [-0.3, -0.25) is 0 Å². The maximum Gasteiger partial charge on any atom is 0.470 e. The van der Waals surface area contributed by atoms with Crippen molar-refractivity contribution in [2.45, 2.75) is 32.4 Å². The minimum atomic E-state index is -3.40. The maximum absolute atomic E-state index is 11.5. The van der Waals surface area contributed by atoms with Crippen LogP contribution in [0, 0.1) is 0 Å². The van der Waals surface area contributed by atoms with Gasteiger partial charge in [0.25, 0.3) is 0 Å². The lowest BCUT2D eigenvalue weighted by atomic mass is 9.92. The average molecular weight is 223 g/mol. The second kappa shape index (κ2) is 5.11. The first-order chi connectivity index (χ1) is 6.20. The van der Waals surface area contributed by atoms with Crippen LogP contribution in [-0.2, 0) is 14.7 Å². The van der Waals surface area contributed by atoms with Crippen LogP contribution in [0.2, 0.25) is 0 Å². The molecule has 0 radical (unpaired) electrons. The molecule has 0 aliphatic heterocycles. The fraction of sp³-hybridized carbons (Fsp3) is 1.00. The van der Waals surface area contributed by atoms with Gasteiger partial charge in [-0.2, -0.15) is 0 Å². The zero-order valence-electron chi connectivity index (χ0n) is 9.07. The first-order valence-corrected chi connectivity index (χ1v) is 5.98. The van der Waals surface area contributed by atoms with Crippen molar-refractivity contribution in [3.8, 4) is 0 Å². The van der Waals surface area contributed by atoms with E-state index in [1.807, 2.05) is 0 Å². The second-order valence-corrected chi connectivity index (χ2v) is 6.39. The molecule has 0 aromatic rings. The van der Waals surface area contributed by atoms with Crippen LogP contribution >= 0.6 is 0 Å². The third-order valence-electron chi connectivity index (χ3n) is 1.61. The van der Waals surface area contributed by atoms with Crippen molar-refractivity contribution < 1.29 is 18.1 Å². The summed E-state index contributed by atoms with van der Waals surface area (Å²) in [4.78, 5) is 0. The van der Waals surface area contributed by atoms with E-state index in [2.05, 4.69) is 4.72 Å². The van der Waals surface area contributed by atoms with Crippen LogP contribution in [0.25, 0.3) is 0 Å². The summed E-state index contributed by atoms with van der Waals surface area (Å²) < 4.78 is 29.1. The lowest BCUT2D eigenvalue weighted by Crippen LogP contribution is -2.44. The highest BCUT2D eigenvalue weighted by Crippen LogP contribution is 2.12. The SMILES string of the molecule is CCOB(O)CNS(=O)(=O)C(C)(C)C.